The highest BCUT2D eigenvalue weighted by molar-refractivity contribution is 6.00. The Bertz CT molecular complexity index is 701. The second-order valence-electron chi connectivity index (χ2n) is 7.55. The predicted octanol–water partition coefficient (Wildman–Crippen LogP) is 1.02. The number of hydrazine groups is 2. The zero-order valence-electron chi connectivity index (χ0n) is 16.0. The first kappa shape index (κ1) is 20.2. The van der Waals surface area contributed by atoms with Crippen LogP contribution in [0.3, 0.4) is 0 Å². The Morgan fingerprint density at radius 2 is 1.52 bits per heavy atom. The number of hydrogen-bond donors (Lipinski definition) is 2. The maximum absolute atomic E-state index is 12.2. The van der Waals surface area contributed by atoms with Crippen LogP contribution in [0.15, 0.2) is 10.1 Å². The summed E-state index contributed by atoms with van der Waals surface area (Å²) in [6, 6.07) is 0. The molecule has 0 aromatic carbocycles. The molecule has 2 fully saturated rings. The third-order valence-corrected chi connectivity index (χ3v) is 4.92. The summed E-state index contributed by atoms with van der Waals surface area (Å²) in [7, 11) is 3.19. The van der Waals surface area contributed by atoms with Crippen molar-refractivity contribution in [3.8, 4) is 6.19 Å². The van der Waals surface area contributed by atoms with Gasteiger partial charge in [-0.1, -0.05) is 13.8 Å². The minimum absolute atomic E-state index is 0.211. The molecule has 10 heteroatoms. The molecule has 0 atom stereocenters. The fourth-order valence-electron chi connectivity index (χ4n) is 2.83. The number of rotatable bonds is 4. The number of carbonyl (C=O) groups excluding carboxylic acids is 2. The molecule has 2 aliphatic carbocycles. The van der Waals surface area contributed by atoms with Crippen molar-refractivity contribution in [2.75, 3.05) is 14.1 Å². The second kappa shape index (κ2) is 7.62. The zero-order valence-corrected chi connectivity index (χ0v) is 16.0. The van der Waals surface area contributed by atoms with Crippen molar-refractivity contribution >= 4 is 23.5 Å². The van der Waals surface area contributed by atoms with E-state index in [0.717, 1.165) is 25.7 Å². The highest BCUT2D eigenvalue weighted by Gasteiger charge is 2.47. The number of amides is 2. The topological polar surface area (TPSA) is 118 Å². The predicted molar refractivity (Wildman–Crippen MR) is 98.2 cm³/mol. The molecule has 2 aliphatic rings. The first-order valence-electron chi connectivity index (χ1n) is 8.64. The third kappa shape index (κ3) is 4.94. The molecule has 0 unspecified atom stereocenters. The normalized spacial score (nSPS) is 19.2. The Hall–Kier alpha value is -3.14. The van der Waals surface area contributed by atoms with E-state index >= 15 is 0 Å². The number of nitriles is 1. The van der Waals surface area contributed by atoms with Gasteiger partial charge in [-0.15, -0.1) is 4.95 Å². The van der Waals surface area contributed by atoms with Gasteiger partial charge in [-0.25, -0.2) is 0 Å². The van der Waals surface area contributed by atoms with Gasteiger partial charge < -0.3 is 0 Å². The number of aliphatic imine (C=N–C) groups is 1. The smallest absolute Gasteiger partial charge is 0.248 e. The van der Waals surface area contributed by atoms with Gasteiger partial charge in [0.25, 0.3) is 0 Å². The summed E-state index contributed by atoms with van der Waals surface area (Å²) in [5.41, 5.74) is 4.71. The SMILES string of the molecule is [C-]#[N+]/N=C(\N(C)NC(=O)CC(=O)NN(C)C(=NC#N)C1(C)CC1)C1(C)CC1. The summed E-state index contributed by atoms with van der Waals surface area (Å²) in [5.74, 6) is -0.0983. The summed E-state index contributed by atoms with van der Waals surface area (Å²) in [6.45, 7) is 10.9. The standard InChI is InChI=1S/C17H24N8O2/c1-16(6-7-16)14(20-11-18)24(4)22-12(26)10-13(27)23-25(5)15(21-19-3)17(2)8-9-17/h6-10H2,1-2,4-5H3,(H,22,26)(H,23,27)/b20-14?,21-15-. The molecule has 2 rings (SSSR count). The van der Waals surface area contributed by atoms with E-state index in [-0.39, 0.29) is 10.8 Å². The minimum atomic E-state index is -0.528. The van der Waals surface area contributed by atoms with Crippen LogP contribution in [0.2, 0.25) is 0 Å². The monoisotopic (exact) mass is 372 g/mol. The van der Waals surface area contributed by atoms with Crippen LogP contribution in [0.4, 0.5) is 0 Å². The van der Waals surface area contributed by atoms with Crippen molar-refractivity contribution in [2.24, 2.45) is 20.9 Å². The second-order valence-corrected chi connectivity index (χ2v) is 7.55. The van der Waals surface area contributed by atoms with Crippen LogP contribution in [-0.4, -0.2) is 47.6 Å². The number of amidine groups is 2. The van der Waals surface area contributed by atoms with E-state index in [1.165, 1.54) is 10.0 Å². The molecule has 0 aliphatic heterocycles. The molecule has 0 spiro atoms. The van der Waals surface area contributed by atoms with Gasteiger partial charge in [-0.2, -0.15) is 16.8 Å². The molecule has 0 heterocycles. The minimum Gasteiger partial charge on any atom is -0.274 e. The molecule has 0 aromatic rings. The third-order valence-electron chi connectivity index (χ3n) is 4.92. The molecule has 0 saturated heterocycles. The maximum Gasteiger partial charge on any atom is 0.248 e. The van der Waals surface area contributed by atoms with Gasteiger partial charge in [0, 0.05) is 24.9 Å². The number of carbonyl (C=O) groups is 2. The highest BCUT2D eigenvalue weighted by atomic mass is 16.2. The van der Waals surface area contributed by atoms with E-state index in [9.17, 15) is 9.59 Å². The van der Waals surface area contributed by atoms with E-state index < -0.39 is 18.2 Å². The molecule has 27 heavy (non-hydrogen) atoms. The summed E-state index contributed by atoms with van der Waals surface area (Å²) in [5, 5.41) is 15.4. The van der Waals surface area contributed by atoms with E-state index in [2.05, 4.69) is 25.9 Å². The lowest BCUT2D eigenvalue weighted by atomic mass is 10.1. The molecule has 144 valence electrons. The van der Waals surface area contributed by atoms with E-state index in [1.54, 1.807) is 20.3 Å². The molecule has 2 N–H and O–H groups in total. The molecular formula is C17H24N8O2. The molecule has 0 bridgehead atoms. The van der Waals surface area contributed by atoms with Crippen LogP contribution < -0.4 is 10.9 Å². The van der Waals surface area contributed by atoms with Crippen LogP contribution in [0.5, 0.6) is 0 Å². The Labute approximate surface area is 158 Å². The lowest BCUT2D eigenvalue weighted by molar-refractivity contribution is -0.132. The fraction of sp³-hybridized carbons (Fsp3) is 0.647. The van der Waals surface area contributed by atoms with Gasteiger partial charge in [0.2, 0.25) is 23.8 Å². The summed E-state index contributed by atoms with van der Waals surface area (Å²) in [6.07, 6.45) is 4.91. The van der Waals surface area contributed by atoms with Gasteiger partial charge in [-0.3, -0.25) is 30.5 Å². The highest BCUT2D eigenvalue weighted by Crippen LogP contribution is 2.47. The number of nitrogens with zero attached hydrogens (tertiary/aromatic N) is 6. The van der Waals surface area contributed by atoms with E-state index in [4.69, 9.17) is 11.8 Å². The fourth-order valence-corrected chi connectivity index (χ4v) is 2.83. The van der Waals surface area contributed by atoms with Gasteiger partial charge in [0.05, 0.1) is 0 Å². The van der Waals surface area contributed by atoms with Crippen molar-refractivity contribution in [1.82, 2.24) is 20.9 Å². The van der Waals surface area contributed by atoms with Gasteiger partial charge >= 0.3 is 0 Å². The largest absolute Gasteiger partial charge is 0.274 e. The number of hydrogen-bond acceptors (Lipinski definition) is 5. The van der Waals surface area contributed by atoms with Crippen molar-refractivity contribution in [1.29, 1.82) is 5.26 Å². The van der Waals surface area contributed by atoms with Gasteiger partial charge in [0.1, 0.15) is 17.4 Å². The Morgan fingerprint density at radius 3 is 1.93 bits per heavy atom. The summed E-state index contributed by atoms with van der Waals surface area (Å²) < 4.78 is 0. The molecule has 2 saturated carbocycles. The van der Waals surface area contributed by atoms with Crippen molar-refractivity contribution in [3.63, 3.8) is 0 Å². The molecule has 0 radical (unpaired) electrons. The Kier molecular flexibility index (Phi) is 5.69. The molecule has 2 amide bonds. The first-order valence-corrected chi connectivity index (χ1v) is 8.64. The molecule has 0 aromatic heterocycles. The van der Waals surface area contributed by atoms with Crippen molar-refractivity contribution in [2.45, 2.75) is 46.0 Å². The lowest BCUT2D eigenvalue weighted by Crippen LogP contribution is -2.50. The lowest BCUT2D eigenvalue weighted by Gasteiger charge is -2.25. The van der Waals surface area contributed by atoms with Crippen LogP contribution in [0, 0.1) is 28.9 Å². The Balaban J connectivity index is 1.89. The zero-order chi connectivity index (χ0) is 20.2. The van der Waals surface area contributed by atoms with Crippen LogP contribution in [-0.2, 0) is 9.59 Å². The van der Waals surface area contributed by atoms with Gasteiger partial charge in [-0.05, 0) is 25.7 Å². The van der Waals surface area contributed by atoms with Gasteiger partial charge in [0.15, 0.2) is 0 Å². The summed E-state index contributed by atoms with van der Waals surface area (Å²) >= 11 is 0. The van der Waals surface area contributed by atoms with Crippen LogP contribution in [0.1, 0.15) is 46.0 Å². The average Bonchev–Trinajstić information content (AvgIpc) is 3.49. The summed E-state index contributed by atoms with van der Waals surface area (Å²) in [4.78, 5) is 31.2. The van der Waals surface area contributed by atoms with E-state index in [0.29, 0.717) is 11.7 Å². The number of nitrogens with one attached hydrogen (secondary N) is 2. The van der Waals surface area contributed by atoms with Crippen LogP contribution >= 0.6 is 0 Å². The van der Waals surface area contributed by atoms with Crippen molar-refractivity contribution < 1.29 is 9.59 Å². The van der Waals surface area contributed by atoms with Crippen molar-refractivity contribution in [3.05, 3.63) is 11.5 Å². The maximum atomic E-state index is 12.2. The quantitative estimate of drug-likeness (QED) is 0.191. The first-order chi connectivity index (χ1) is 12.6. The molecule has 10 nitrogen and oxygen atoms in total. The molecular weight excluding hydrogens is 348 g/mol. The van der Waals surface area contributed by atoms with E-state index in [1.807, 2.05) is 13.8 Å². The average molecular weight is 372 g/mol. The van der Waals surface area contributed by atoms with Crippen LogP contribution in [0.25, 0.3) is 4.95 Å². The Morgan fingerprint density at radius 1 is 1.07 bits per heavy atom.